The lowest BCUT2D eigenvalue weighted by atomic mass is 10.1. The molecular weight excluding hydrogens is 444 g/mol. The van der Waals surface area contributed by atoms with Gasteiger partial charge in [-0.1, -0.05) is 24.3 Å². The first-order chi connectivity index (χ1) is 17.1. The van der Waals surface area contributed by atoms with Crippen LogP contribution in [0.4, 0.5) is 11.6 Å². The molecule has 1 aliphatic heterocycles. The number of amides is 2. The molecule has 2 amide bonds. The average molecular weight is 471 g/mol. The Morgan fingerprint density at radius 1 is 0.943 bits per heavy atom. The predicted molar refractivity (Wildman–Crippen MR) is 134 cm³/mol. The smallest absolute Gasteiger partial charge is 0.253 e. The third kappa shape index (κ3) is 4.42. The first kappa shape index (κ1) is 22.5. The van der Waals surface area contributed by atoms with Crippen LogP contribution in [-0.4, -0.2) is 42.1 Å². The Kier molecular flexibility index (Phi) is 6.10. The van der Waals surface area contributed by atoms with Gasteiger partial charge in [0.2, 0.25) is 11.9 Å². The normalized spacial score (nSPS) is 14.7. The largest absolute Gasteiger partial charge is 0.497 e. The van der Waals surface area contributed by atoms with Crippen molar-refractivity contribution in [3.8, 4) is 11.5 Å². The number of nitrogens with one attached hydrogen (secondary N) is 1. The number of para-hydroxylation sites is 2. The van der Waals surface area contributed by atoms with Gasteiger partial charge in [-0.25, -0.2) is 4.98 Å². The number of aromatic nitrogens is 2. The Balaban J connectivity index is 1.37. The maximum Gasteiger partial charge on any atom is 0.253 e. The molecule has 0 bridgehead atoms. The summed E-state index contributed by atoms with van der Waals surface area (Å²) in [5.41, 5.74) is 3.37. The zero-order valence-electron chi connectivity index (χ0n) is 19.6. The molecule has 35 heavy (non-hydrogen) atoms. The number of hydrogen-bond donors (Lipinski definition) is 1. The van der Waals surface area contributed by atoms with Crippen molar-refractivity contribution in [1.29, 1.82) is 0 Å². The van der Waals surface area contributed by atoms with Crippen molar-refractivity contribution in [3.05, 3.63) is 78.4 Å². The average Bonchev–Trinajstić information content (AvgIpc) is 3.38. The fourth-order valence-corrected chi connectivity index (χ4v) is 4.40. The van der Waals surface area contributed by atoms with Crippen molar-refractivity contribution < 1.29 is 19.1 Å². The van der Waals surface area contributed by atoms with E-state index in [1.54, 1.807) is 43.4 Å². The van der Waals surface area contributed by atoms with E-state index < -0.39 is 6.04 Å². The number of rotatable bonds is 8. The molecule has 1 N–H and O–H groups in total. The van der Waals surface area contributed by atoms with Gasteiger partial charge in [-0.15, -0.1) is 0 Å². The van der Waals surface area contributed by atoms with Crippen LogP contribution in [0, 0.1) is 0 Å². The van der Waals surface area contributed by atoms with E-state index in [2.05, 4.69) is 5.32 Å². The molecule has 0 spiro atoms. The first-order valence-electron chi connectivity index (χ1n) is 11.4. The zero-order chi connectivity index (χ0) is 24.4. The Labute approximate surface area is 203 Å². The molecule has 2 heterocycles. The van der Waals surface area contributed by atoms with E-state index in [4.69, 9.17) is 14.5 Å². The van der Waals surface area contributed by atoms with Gasteiger partial charge < -0.3 is 14.8 Å². The molecule has 1 atom stereocenters. The number of imidazole rings is 1. The third-order valence-corrected chi connectivity index (χ3v) is 6.22. The van der Waals surface area contributed by atoms with Crippen LogP contribution in [0.3, 0.4) is 0 Å². The van der Waals surface area contributed by atoms with E-state index in [0.29, 0.717) is 30.4 Å². The third-order valence-electron chi connectivity index (χ3n) is 6.22. The fourth-order valence-electron chi connectivity index (χ4n) is 4.40. The summed E-state index contributed by atoms with van der Waals surface area (Å²) in [7, 11) is 3.22. The number of ether oxygens (including phenoxy) is 2. The van der Waals surface area contributed by atoms with E-state index in [-0.39, 0.29) is 18.2 Å². The summed E-state index contributed by atoms with van der Waals surface area (Å²) in [5.74, 6) is 1.70. The lowest BCUT2D eigenvalue weighted by Crippen LogP contribution is -2.33. The van der Waals surface area contributed by atoms with Crippen LogP contribution in [0.15, 0.2) is 72.8 Å². The summed E-state index contributed by atoms with van der Waals surface area (Å²) in [6, 6.07) is 21.9. The summed E-state index contributed by atoms with van der Waals surface area (Å²) in [5, 5.41) is 2.88. The number of hydrogen-bond acceptors (Lipinski definition) is 5. The number of carbonyl (C=O) groups excluding carboxylic acids is 2. The highest BCUT2D eigenvalue weighted by Gasteiger charge is 2.40. The van der Waals surface area contributed by atoms with Crippen LogP contribution in [0.2, 0.25) is 0 Å². The van der Waals surface area contributed by atoms with Crippen LogP contribution in [0.25, 0.3) is 11.0 Å². The topological polar surface area (TPSA) is 85.7 Å². The standard InChI is InChI=1S/C27H26N4O4/c1-34-20-11-7-18(8-12-20)15-16-30-26(33)24(31-23-6-4-3-5-22(23)29-27(30)31)17-25(32)28-19-9-13-21(35-2)14-10-19/h3-14,24H,15-17H2,1-2H3,(H,28,32)/t24-/m1/s1. The second-order valence-corrected chi connectivity index (χ2v) is 8.36. The van der Waals surface area contributed by atoms with Gasteiger partial charge >= 0.3 is 0 Å². The SMILES string of the molecule is COc1ccc(CCN2C(=O)[C@@H](CC(=O)Nc3ccc(OC)cc3)n3c2nc2ccccc23)cc1. The molecule has 8 heteroatoms. The van der Waals surface area contributed by atoms with Gasteiger partial charge in [0.15, 0.2) is 0 Å². The number of fused-ring (bicyclic) bond motifs is 3. The van der Waals surface area contributed by atoms with Gasteiger partial charge in [0.05, 0.1) is 31.7 Å². The molecule has 0 saturated heterocycles. The fraction of sp³-hybridized carbons (Fsp3) is 0.222. The van der Waals surface area contributed by atoms with E-state index >= 15 is 0 Å². The van der Waals surface area contributed by atoms with Crippen molar-refractivity contribution in [3.63, 3.8) is 0 Å². The highest BCUT2D eigenvalue weighted by molar-refractivity contribution is 6.05. The van der Waals surface area contributed by atoms with E-state index in [9.17, 15) is 9.59 Å². The predicted octanol–water partition coefficient (Wildman–Crippen LogP) is 4.21. The summed E-state index contributed by atoms with van der Waals surface area (Å²) in [4.78, 5) is 32.9. The molecule has 1 aromatic heterocycles. The molecule has 0 saturated carbocycles. The molecule has 3 aromatic carbocycles. The minimum absolute atomic E-state index is 0.0112. The van der Waals surface area contributed by atoms with E-state index in [1.165, 1.54) is 0 Å². The van der Waals surface area contributed by atoms with Crippen molar-refractivity contribution in [1.82, 2.24) is 9.55 Å². The first-order valence-corrected chi connectivity index (χ1v) is 11.4. The number of carbonyl (C=O) groups is 2. The molecule has 0 fully saturated rings. The monoisotopic (exact) mass is 470 g/mol. The number of anilines is 2. The molecule has 178 valence electrons. The highest BCUT2D eigenvalue weighted by atomic mass is 16.5. The van der Waals surface area contributed by atoms with Crippen molar-refractivity contribution in [2.75, 3.05) is 31.0 Å². The van der Waals surface area contributed by atoms with Crippen molar-refractivity contribution in [2.24, 2.45) is 0 Å². The van der Waals surface area contributed by atoms with Crippen LogP contribution in [0.1, 0.15) is 18.0 Å². The maximum absolute atomic E-state index is 13.5. The van der Waals surface area contributed by atoms with Gasteiger partial charge in [0, 0.05) is 12.2 Å². The maximum atomic E-state index is 13.5. The van der Waals surface area contributed by atoms with Crippen LogP contribution in [0.5, 0.6) is 11.5 Å². The quantitative estimate of drug-likeness (QED) is 0.417. The van der Waals surface area contributed by atoms with Gasteiger partial charge in [0.25, 0.3) is 5.91 Å². The molecule has 4 aromatic rings. The van der Waals surface area contributed by atoms with Gasteiger partial charge in [-0.2, -0.15) is 0 Å². The van der Waals surface area contributed by atoms with Crippen LogP contribution in [-0.2, 0) is 16.0 Å². The lowest BCUT2D eigenvalue weighted by Gasteiger charge is -2.16. The molecular formula is C27H26N4O4. The Bertz CT molecular complexity index is 1360. The number of nitrogens with zero attached hydrogens (tertiary/aromatic N) is 3. The minimum atomic E-state index is -0.661. The zero-order valence-corrected chi connectivity index (χ0v) is 19.6. The van der Waals surface area contributed by atoms with Crippen molar-refractivity contribution in [2.45, 2.75) is 18.9 Å². The summed E-state index contributed by atoms with van der Waals surface area (Å²) in [6.07, 6.45) is 0.668. The van der Waals surface area contributed by atoms with Crippen molar-refractivity contribution >= 4 is 34.5 Å². The van der Waals surface area contributed by atoms with Gasteiger partial charge in [-0.05, 0) is 60.5 Å². The Hall–Kier alpha value is -4.33. The summed E-state index contributed by atoms with van der Waals surface area (Å²) < 4.78 is 12.3. The van der Waals surface area contributed by atoms with E-state index in [1.807, 2.05) is 53.1 Å². The Morgan fingerprint density at radius 2 is 1.60 bits per heavy atom. The second-order valence-electron chi connectivity index (χ2n) is 8.36. The minimum Gasteiger partial charge on any atom is -0.497 e. The second kappa shape index (κ2) is 9.50. The molecule has 0 radical (unpaired) electrons. The van der Waals surface area contributed by atoms with Gasteiger partial charge in [-0.3, -0.25) is 19.1 Å². The molecule has 1 aliphatic rings. The number of benzene rings is 3. The molecule has 8 nitrogen and oxygen atoms in total. The highest BCUT2D eigenvalue weighted by Crippen LogP contribution is 2.36. The van der Waals surface area contributed by atoms with Crippen LogP contribution < -0.4 is 19.7 Å². The molecule has 0 aliphatic carbocycles. The lowest BCUT2D eigenvalue weighted by molar-refractivity contribution is -0.124. The van der Waals surface area contributed by atoms with E-state index in [0.717, 1.165) is 22.3 Å². The summed E-state index contributed by atoms with van der Waals surface area (Å²) >= 11 is 0. The Morgan fingerprint density at radius 3 is 2.29 bits per heavy atom. The van der Waals surface area contributed by atoms with Gasteiger partial charge in [0.1, 0.15) is 17.5 Å². The number of methoxy groups -OCH3 is 2. The van der Waals surface area contributed by atoms with Crippen LogP contribution >= 0.6 is 0 Å². The summed E-state index contributed by atoms with van der Waals surface area (Å²) in [6.45, 7) is 0.463. The molecule has 5 rings (SSSR count). The molecule has 0 unspecified atom stereocenters.